The van der Waals surface area contributed by atoms with Gasteiger partial charge in [-0.15, -0.1) is 12.4 Å². The first kappa shape index (κ1) is 16.2. The molecule has 1 aromatic carbocycles. The van der Waals surface area contributed by atoms with Gasteiger partial charge >= 0.3 is 0 Å². The predicted molar refractivity (Wildman–Crippen MR) is 76.6 cm³/mol. The van der Waals surface area contributed by atoms with Crippen molar-refractivity contribution in [2.75, 3.05) is 13.1 Å². The maximum atomic E-state index is 13.2. The molecule has 2 rings (SSSR count). The minimum absolute atomic E-state index is 0. The maximum absolute atomic E-state index is 13.2. The summed E-state index contributed by atoms with van der Waals surface area (Å²) in [5.74, 6) is -0.890. The highest BCUT2D eigenvalue weighted by molar-refractivity contribution is 6.34. The molecule has 1 aromatic rings. The number of benzene rings is 1. The first-order chi connectivity index (χ1) is 8.68. The lowest BCUT2D eigenvalue weighted by molar-refractivity contribution is 0.0952. The van der Waals surface area contributed by atoms with Gasteiger partial charge in [0.25, 0.3) is 5.91 Å². The molecule has 1 aliphatic rings. The summed E-state index contributed by atoms with van der Waals surface area (Å²) in [5, 5.41) is 6.00. The molecule has 2 N–H and O–H groups in total. The molecule has 19 heavy (non-hydrogen) atoms. The van der Waals surface area contributed by atoms with Crippen molar-refractivity contribution in [3.63, 3.8) is 0 Å². The van der Waals surface area contributed by atoms with Gasteiger partial charge in [-0.05, 0) is 37.9 Å². The third-order valence-corrected chi connectivity index (χ3v) is 3.52. The number of carbonyl (C=O) groups is 1. The van der Waals surface area contributed by atoms with Crippen molar-refractivity contribution in [3.8, 4) is 0 Å². The van der Waals surface area contributed by atoms with Gasteiger partial charge in [0, 0.05) is 12.6 Å². The van der Waals surface area contributed by atoms with Crippen LogP contribution in [0.2, 0.25) is 5.02 Å². The predicted octanol–water partition coefficient (Wildman–Crippen LogP) is 2.77. The van der Waals surface area contributed by atoms with Crippen LogP contribution in [0.3, 0.4) is 0 Å². The van der Waals surface area contributed by atoms with Gasteiger partial charge in [-0.25, -0.2) is 4.39 Å². The molecule has 0 radical (unpaired) electrons. The summed E-state index contributed by atoms with van der Waals surface area (Å²) in [7, 11) is 0. The molecule has 6 heteroatoms. The minimum atomic E-state index is -0.568. The standard InChI is InChI=1S/C13H16ClFN2O.ClH/c14-12-10(4-1-5-11(12)15)13(18)17-8-6-9-3-2-7-16-9;/h1,4-5,9,16H,2-3,6-8H2,(H,17,18);1H/t9-;/m1./s1. The largest absolute Gasteiger partial charge is 0.352 e. The van der Waals surface area contributed by atoms with Crippen LogP contribution in [-0.4, -0.2) is 25.0 Å². The van der Waals surface area contributed by atoms with Crippen molar-refractivity contribution in [2.45, 2.75) is 25.3 Å². The number of rotatable bonds is 4. The van der Waals surface area contributed by atoms with Gasteiger partial charge in [-0.1, -0.05) is 17.7 Å². The van der Waals surface area contributed by atoms with E-state index in [0.29, 0.717) is 12.6 Å². The Labute approximate surface area is 123 Å². The number of hydrogen-bond donors (Lipinski definition) is 2. The Kier molecular flexibility index (Phi) is 6.55. The molecule has 0 unspecified atom stereocenters. The first-order valence-electron chi connectivity index (χ1n) is 6.14. The summed E-state index contributed by atoms with van der Waals surface area (Å²) in [5.41, 5.74) is 0.191. The molecule has 1 fully saturated rings. The normalized spacial score (nSPS) is 17.9. The van der Waals surface area contributed by atoms with E-state index in [1.165, 1.54) is 24.6 Å². The Hall–Kier alpha value is -0.840. The molecular weight excluding hydrogens is 290 g/mol. The molecule has 1 aliphatic heterocycles. The van der Waals surface area contributed by atoms with Crippen LogP contribution in [0.1, 0.15) is 29.6 Å². The fourth-order valence-electron chi connectivity index (χ4n) is 2.14. The van der Waals surface area contributed by atoms with Crippen molar-refractivity contribution in [1.29, 1.82) is 0 Å². The number of hydrogen-bond acceptors (Lipinski definition) is 2. The second-order valence-electron chi connectivity index (χ2n) is 4.44. The average Bonchev–Trinajstić information content (AvgIpc) is 2.85. The zero-order chi connectivity index (χ0) is 13.0. The summed E-state index contributed by atoms with van der Waals surface area (Å²) in [6, 6.07) is 4.72. The van der Waals surface area contributed by atoms with Gasteiger partial charge in [-0.2, -0.15) is 0 Å². The first-order valence-corrected chi connectivity index (χ1v) is 6.52. The van der Waals surface area contributed by atoms with Crippen molar-refractivity contribution < 1.29 is 9.18 Å². The number of carbonyl (C=O) groups excluding carboxylic acids is 1. The molecule has 1 atom stereocenters. The van der Waals surface area contributed by atoms with E-state index in [9.17, 15) is 9.18 Å². The van der Waals surface area contributed by atoms with Crippen LogP contribution in [0.25, 0.3) is 0 Å². The molecule has 0 aliphatic carbocycles. The summed E-state index contributed by atoms with van der Waals surface area (Å²) in [4.78, 5) is 11.8. The lowest BCUT2D eigenvalue weighted by atomic mass is 10.1. The minimum Gasteiger partial charge on any atom is -0.352 e. The topological polar surface area (TPSA) is 41.1 Å². The van der Waals surface area contributed by atoms with Crippen molar-refractivity contribution in [1.82, 2.24) is 10.6 Å². The molecule has 1 saturated heterocycles. The van der Waals surface area contributed by atoms with Crippen LogP contribution in [0.15, 0.2) is 18.2 Å². The smallest absolute Gasteiger partial charge is 0.252 e. The molecule has 0 bridgehead atoms. The van der Waals surface area contributed by atoms with Gasteiger partial charge in [0.15, 0.2) is 0 Å². The molecule has 106 valence electrons. The van der Waals surface area contributed by atoms with Crippen molar-refractivity contribution in [2.24, 2.45) is 0 Å². The number of nitrogens with one attached hydrogen (secondary N) is 2. The van der Waals surface area contributed by atoms with E-state index in [-0.39, 0.29) is 28.9 Å². The Morgan fingerprint density at radius 1 is 1.53 bits per heavy atom. The zero-order valence-electron chi connectivity index (χ0n) is 10.4. The van der Waals surface area contributed by atoms with Gasteiger partial charge in [0.2, 0.25) is 0 Å². The van der Waals surface area contributed by atoms with E-state index in [0.717, 1.165) is 19.4 Å². The Morgan fingerprint density at radius 2 is 2.32 bits per heavy atom. The van der Waals surface area contributed by atoms with E-state index in [2.05, 4.69) is 10.6 Å². The van der Waals surface area contributed by atoms with Gasteiger partial charge in [0.05, 0.1) is 10.6 Å². The van der Waals surface area contributed by atoms with Crippen LogP contribution >= 0.6 is 24.0 Å². The average molecular weight is 307 g/mol. The van der Waals surface area contributed by atoms with Crippen LogP contribution < -0.4 is 10.6 Å². The summed E-state index contributed by atoms with van der Waals surface area (Å²) >= 11 is 5.75. The highest BCUT2D eigenvalue weighted by Crippen LogP contribution is 2.19. The molecule has 0 saturated carbocycles. The molecule has 0 spiro atoms. The van der Waals surface area contributed by atoms with Gasteiger partial charge < -0.3 is 10.6 Å². The summed E-state index contributed by atoms with van der Waals surface area (Å²) in [6.45, 7) is 1.62. The van der Waals surface area contributed by atoms with E-state index < -0.39 is 5.82 Å². The second-order valence-corrected chi connectivity index (χ2v) is 4.82. The third kappa shape index (κ3) is 4.34. The van der Waals surface area contributed by atoms with Crippen LogP contribution in [0.5, 0.6) is 0 Å². The molecule has 1 heterocycles. The van der Waals surface area contributed by atoms with Crippen LogP contribution in [-0.2, 0) is 0 Å². The summed E-state index contributed by atoms with van der Waals surface area (Å²) in [6.07, 6.45) is 3.23. The monoisotopic (exact) mass is 306 g/mol. The van der Waals surface area contributed by atoms with E-state index in [1.807, 2.05) is 0 Å². The fraction of sp³-hybridized carbons (Fsp3) is 0.462. The number of amides is 1. The zero-order valence-corrected chi connectivity index (χ0v) is 12.0. The van der Waals surface area contributed by atoms with Gasteiger partial charge in [-0.3, -0.25) is 4.79 Å². The maximum Gasteiger partial charge on any atom is 0.252 e. The van der Waals surface area contributed by atoms with Crippen molar-refractivity contribution in [3.05, 3.63) is 34.6 Å². The lowest BCUT2D eigenvalue weighted by Crippen LogP contribution is -2.30. The van der Waals surface area contributed by atoms with Crippen molar-refractivity contribution >= 4 is 29.9 Å². The second kappa shape index (κ2) is 7.68. The Balaban J connectivity index is 0.00000180. The van der Waals surface area contributed by atoms with E-state index in [1.54, 1.807) is 0 Å². The molecule has 0 aromatic heterocycles. The van der Waals surface area contributed by atoms with Gasteiger partial charge in [0.1, 0.15) is 5.82 Å². The highest BCUT2D eigenvalue weighted by atomic mass is 35.5. The molecule has 1 amide bonds. The quantitative estimate of drug-likeness (QED) is 0.898. The summed E-state index contributed by atoms with van der Waals surface area (Å²) < 4.78 is 13.2. The Bertz CT molecular complexity index is 437. The SMILES string of the molecule is Cl.O=C(NCC[C@H]1CCCN1)c1cccc(F)c1Cl. The lowest BCUT2D eigenvalue weighted by Gasteiger charge is -2.11. The molecule has 3 nitrogen and oxygen atoms in total. The van der Waals surface area contributed by atoms with Crippen LogP contribution in [0.4, 0.5) is 4.39 Å². The Morgan fingerprint density at radius 3 is 3.00 bits per heavy atom. The van der Waals surface area contributed by atoms with E-state index >= 15 is 0 Å². The van der Waals surface area contributed by atoms with E-state index in [4.69, 9.17) is 11.6 Å². The van der Waals surface area contributed by atoms with Crippen LogP contribution in [0, 0.1) is 5.82 Å². The third-order valence-electron chi connectivity index (χ3n) is 3.14. The fourth-order valence-corrected chi connectivity index (χ4v) is 2.35. The molecular formula is C13H17Cl2FN2O. The number of halogens is 3. The highest BCUT2D eigenvalue weighted by Gasteiger charge is 2.16.